The number of amides is 1. The molecule has 0 unspecified atom stereocenters. The topological polar surface area (TPSA) is 41.1 Å². The van der Waals surface area contributed by atoms with Crippen LogP contribution in [-0.4, -0.2) is 18.5 Å². The normalized spacial score (nSPS) is 23.1. The highest BCUT2D eigenvalue weighted by molar-refractivity contribution is 5.82. The van der Waals surface area contributed by atoms with Crippen LogP contribution in [0.25, 0.3) is 0 Å². The largest absolute Gasteiger partial charge is 0.354 e. The van der Waals surface area contributed by atoms with Crippen LogP contribution >= 0.6 is 0 Å². The van der Waals surface area contributed by atoms with Gasteiger partial charge in [0, 0.05) is 13.1 Å². The minimum absolute atomic E-state index is 0.0590. The molecule has 1 atom stereocenters. The average molecular weight is 258 g/mol. The van der Waals surface area contributed by atoms with E-state index >= 15 is 0 Å². The summed E-state index contributed by atoms with van der Waals surface area (Å²) >= 11 is 0. The summed E-state index contributed by atoms with van der Waals surface area (Å²) < 4.78 is 0. The predicted molar refractivity (Wildman–Crippen MR) is 75.7 cm³/mol. The third-order valence-electron chi connectivity index (χ3n) is 4.44. The maximum absolute atomic E-state index is 12.2. The number of carbonyl (C=O) groups excluding carboxylic acids is 1. The second-order valence-electron chi connectivity index (χ2n) is 5.80. The molecule has 1 aliphatic heterocycles. The highest BCUT2D eigenvalue weighted by Gasteiger charge is 2.24. The van der Waals surface area contributed by atoms with Crippen LogP contribution in [0.15, 0.2) is 24.3 Å². The van der Waals surface area contributed by atoms with E-state index in [0.29, 0.717) is 5.92 Å². The van der Waals surface area contributed by atoms with Gasteiger partial charge in [-0.1, -0.05) is 37.1 Å². The predicted octanol–water partition coefficient (Wildman–Crippen LogP) is 2.01. The van der Waals surface area contributed by atoms with Crippen molar-refractivity contribution in [1.82, 2.24) is 10.6 Å². The molecule has 1 aromatic rings. The Labute approximate surface area is 114 Å². The highest BCUT2D eigenvalue weighted by atomic mass is 16.2. The van der Waals surface area contributed by atoms with Gasteiger partial charge in [0.25, 0.3) is 0 Å². The molecule has 0 spiro atoms. The first kappa shape index (κ1) is 12.7. The third-order valence-corrected chi connectivity index (χ3v) is 4.44. The molecule has 0 aromatic heterocycles. The molecule has 0 saturated heterocycles. The number of nitrogens with one attached hydrogen (secondary N) is 2. The second kappa shape index (κ2) is 5.74. The molecule has 102 valence electrons. The van der Waals surface area contributed by atoms with Crippen LogP contribution in [0, 0.1) is 5.92 Å². The molecule has 1 saturated carbocycles. The average Bonchev–Trinajstić information content (AvgIpc) is 2.97. The Balaban J connectivity index is 1.54. The van der Waals surface area contributed by atoms with Crippen LogP contribution in [0.2, 0.25) is 0 Å². The Kier molecular flexibility index (Phi) is 3.83. The SMILES string of the molecule is O=C(NCC1CCCC1)[C@H]1Cc2ccccc2CN1. The van der Waals surface area contributed by atoms with Gasteiger partial charge in [-0.25, -0.2) is 0 Å². The molecule has 3 rings (SSSR count). The van der Waals surface area contributed by atoms with Gasteiger partial charge in [-0.3, -0.25) is 4.79 Å². The van der Waals surface area contributed by atoms with Crippen LogP contribution in [0.1, 0.15) is 36.8 Å². The molecule has 3 nitrogen and oxygen atoms in total. The van der Waals surface area contributed by atoms with Crippen molar-refractivity contribution in [3.05, 3.63) is 35.4 Å². The number of rotatable bonds is 3. The van der Waals surface area contributed by atoms with Gasteiger partial charge in [0.1, 0.15) is 0 Å². The third kappa shape index (κ3) is 2.98. The molecule has 1 aromatic carbocycles. The lowest BCUT2D eigenvalue weighted by molar-refractivity contribution is -0.123. The van der Waals surface area contributed by atoms with Crippen LogP contribution in [-0.2, 0) is 17.8 Å². The van der Waals surface area contributed by atoms with Gasteiger partial charge in [-0.15, -0.1) is 0 Å². The minimum Gasteiger partial charge on any atom is -0.354 e. The van der Waals surface area contributed by atoms with E-state index in [1.54, 1.807) is 0 Å². The molecule has 2 N–H and O–H groups in total. The van der Waals surface area contributed by atoms with Crippen molar-refractivity contribution in [3.8, 4) is 0 Å². The van der Waals surface area contributed by atoms with Crippen LogP contribution in [0.4, 0.5) is 0 Å². The quantitative estimate of drug-likeness (QED) is 0.870. The van der Waals surface area contributed by atoms with Gasteiger partial charge in [-0.05, 0) is 36.3 Å². The molecule has 1 amide bonds. The van der Waals surface area contributed by atoms with Crippen molar-refractivity contribution in [2.45, 2.75) is 44.7 Å². The minimum atomic E-state index is -0.0590. The van der Waals surface area contributed by atoms with Crippen LogP contribution in [0.3, 0.4) is 0 Å². The summed E-state index contributed by atoms with van der Waals surface area (Å²) in [5.41, 5.74) is 2.63. The smallest absolute Gasteiger partial charge is 0.237 e. The van der Waals surface area contributed by atoms with E-state index in [2.05, 4.69) is 34.9 Å². The maximum atomic E-state index is 12.2. The van der Waals surface area contributed by atoms with E-state index in [-0.39, 0.29) is 11.9 Å². The molecule has 0 radical (unpaired) electrons. The summed E-state index contributed by atoms with van der Waals surface area (Å²) in [5, 5.41) is 6.46. The van der Waals surface area contributed by atoms with Gasteiger partial charge in [0.15, 0.2) is 0 Å². The fourth-order valence-electron chi connectivity index (χ4n) is 3.22. The maximum Gasteiger partial charge on any atom is 0.237 e. The molecule has 3 heteroatoms. The van der Waals surface area contributed by atoms with Gasteiger partial charge in [0.05, 0.1) is 6.04 Å². The van der Waals surface area contributed by atoms with Crippen molar-refractivity contribution in [1.29, 1.82) is 0 Å². The highest BCUT2D eigenvalue weighted by Crippen LogP contribution is 2.23. The van der Waals surface area contributed by atoms with Gasteiger partial charge in [-0.2, -0.15) is 0 Å². The molecule has 1 fully saturated rings. The van der Waals surface area contributed by atoms with Crippen LogP contribution in [0.5, 0.6) is 0 Å². The molecular formula is C16H22N2O. The first-order valence-electron chi connectivity index (χ1n) is 7.41. The zero-order valence-corrected chi connectivity index (χ0v) is 11.3. The number of benzene rings is 1. The van der Waals surface area contributed by atoms with Crippen molar-refractivity contribution in [3.63, 3.8) is 0 Å². The lowest BCUT2D eigenvalue weighted by Gasteiger charge is -2.25. The Hall–Kier alpha value is -1.35. The zero-order valence-electron chi connectivity index (χ0n) is 11.3. The molecule has 19 heavy (non-hydrogen) atoms. The molecule has 2 aliphatic rings. The van der Waals surface area contributed by atoms with Gasteiger partial charge in [0.2, 0.25) is 5.91 Å². The number of fused-ring (bicyclic) bond motifs is 1. The molecular weight excluding hydrogens is 236 g/mol. The fraction of sp³-hybridized carbons (Fsp3) is 0.562. The summed E-state index contributed by atoms with van der Waals surface area (Å²) in [6.07, 6.45) is 6.03. The summed E-state index contributed by atoms with van der Waals surface area (Å²) in [4.78, 5) is 12.2. The van der Waals surface area contributed by atoms with Gasteiger partial charge < -0.3 is 10.6 Å². The number of hydrogen-bond acceptors (Lipinski definition) is 2. The van der Waals surface area contributed by atoms with Crippen molar-refractivity contribution in [2.24, 2.45) is 5.92 Å². The lowest BCUT2D eigenvalue weighted by Crippen LogP contribution is -2.48. The number of hydrogen-bond donors (Lipinski definition) is 2. The lowest BCUT2D eigenvalue weighted by atomic mass is 9.95. The number of carbonyl (C=O) groups is 1. The summed E-state index contributed by atoms with van der Waals surface area (Å²) in [6, 6.07) is 8.32. The first-order valence-corrected chi connectivity index (χ1v) is 7.41. The second-order valence-corrected chi connectivity index (χ2v) is 5.80. The first-order chi connectivity index (χ1) is 9.33. The zero-order chi connectivity index (χ0) is 13.1. The standard InChI is InChI=1S/C16H22N2O/c19-16(18-10-12-5-1-2-6-12)15-9-13-7-3-4-8-14(13)11-17-15/h3-4,7-8,12,15,17H,1-2,5-6,9-11H2,(H,18,19)/t15-/m1/s1. The van der Waals surface area contributed by atoms with E-state index in [4.69, 9.17) is 0 Å². The summed E-state index contributed by atoms with van der Waals surface area (Å²) in [5.74, 6) is 0.876. The Morgan fingerprint density at radius 1 is 1.21 bits per heavy atom. The van der Waals surface area contributed by atoms with E-state index in [1.807, 2.05) is 0 Å². The van der Waals surface area contributed by atoms with Crippen LogP contribution < -0.4 is 10.6 Å². The van der Waals surface area contributed by atoms with E-state index < -0.39 is 0 Å². The van der Waals surface area contributed by atoms with E-state index in [9.17, 15) is 4.79 Å². The Morgan fingerprint density at radius 3 is 2.74 bits per heavy atom. The molecule has 1 aliphatic carbocycles. The Bertz CT molecular complexity index is 452. The van der Waals surface area contributed by atoms with E-state index in [0.717, 1.165) is 19.5 Å². The monoisotopic (exact) mass is 258 g/mol. The van der Waals surface area contributed by atoms with Gasteiger partial charge >= 0.3 is 0 Å². The van der Waals surface area contributed by atoms with Crippen molar-refractivity contribution in [2.75, 3.05) is 6.54 Å². The van der Waals surface area contributed by atoms with Crippen molar-refractivity contribution < 1.29 is 4.79 Å². The van der Waals surface area contributed by atoms with E-state index in [1.165, 1.54) is 36.8 Å². The molecule has 0 bridgehead atoms. The Morgan fingerprint density at radius 2 is 1.95 bits per heavy atom. The van der Waals surface area contributed by atoms with Crippen molar-refractivity contribution >= 4 is 5.91 Å². The summed E-state index contributed by atoms with van der Waals surface area (Å²) in [6.45, 7) is 1.66. The fourth-order valence-corrected chi connectivity index (χ4v) is 3.22. The molecule has 1 heterocycles. The summed E-state index contributed by atoms with van der Waals surface area (Å²) in [7, 11) is 0.